The summed E-state index contributed by atoms with van der Waals surface area (Å²) >= 11 is 0. The lowest BCUT2D eigenvalue weighted by molar-refractivity contribution is -0.126. The highest BCUT2D eigenvalue weighted by Crippen LogP contribution is 2.52. The van der Waals surface area contributed by atoms with E-state index in [1.165, 1.54) is 4.90 Å². The van der Waals surface area contributed by atoms with Gasteiger partial charge >= 0.3 is 6.09 Å². The van der Waals surface area contributed by atoms with E-state index in [1.807, 2.05) is 55.5 Å². The predicted molar refractivity (Wildman–Crippen MR) is 112 cm³/mol. The molecule has 3 aliphatic rings. The van der Waals surface area contributed by atoms with Crippen molar-refractivity contribution in [3.63, 3.8) is 0 Å². The summed E-state index contributed by atoms with van der Waals surface area (Å²) in [5, 5.41) is 2.70. The molecule has 3 heterocycles. The number of nitrogens with one attached hydrogen (secondary N) is 1. The Morgan fingerprint density at radius 3 is 2.58 bits per heavy atom. The van der Waals surface area contributed by atoms with Gasteiger partial charge in [0.1, 0.15) is 12.2 Å². The van der Waals surface area contributed by atoms with E-state index in [9.17, 15) is 14.4 Å². The topological polar surface area (TPSA) is 84.9 Å². The number of hydrogen-bond acceptors (Lipinski definition) is 5. The minimum atomic E-state index is -1.05. The first-order chi connectivity index (χ1) is 15.0. The summed E-state index contributed by atoms with van der Waals surface area (Å²) in [6.07, 6.45) is 2.52. The second-order valence-corrected chi connectivity index (χ2v) is 8.16. The molecule has 7 heteroatoms. The zero-order chi connectivity index (χ0) is 21.6. The average molecular weight is 418 g/mol. The molecule has 2 aromatic carbocycles. The highest BCUT2D eigenvalue weighted by molar-refractivity contribution is 6.23. The summed E-state index contributed by atoms with van der Waals surface area (Å²) in [5.41, 5.74) is 1.43. The van der Waals surface area contributed by atoms with Crippen molar-refractivity contribution >= 4 is 23.6 Å². The maximum atomic E-state index is 13.3. The van der Waals surface area contributed by atoms with Crippen LogP contribution in [0.5, 0.6) is 0 Å². The number of ether oxygens (including phenoxy) is 2. The third kappa shape index (κ3) is 3.21. The number of benzene rings is 2. The van der Waals surface area contributed by atoms with Crippen molar-refractivity contribution in [1.29, 1.82) is 0 Å². The summed E-state index contributed by atoms with van der Waals surface area (Å²) in [7, 11) is 0. The van der Waals surface area contributed by atoms with E-state index < -0.39 is 29.6 Å². The second kappa shape index (κ2) is 7.35. The number of hydrogen-bond donors (Lipinski definition) is 1. The lowest BCUT2D eigenvalue weighted by Crippen LogP contribution is -2.49. The van der Waals surface area contributed by atoms with Crippen molar-refractivity contribution in [3.8, 4) is 0 Å². The standard InChI is InChI=1S/C24H22N2O5/c1-15-7-9-17(10-8-15)26-21(27)19-18-11-12-24(31-18,20(19)22(26)28)14-25-23(29)30-13-16-5-3-2-4-6-16/h2-12,18-20H,13-14H2,1H3,(H,25,29)/t18-,19-,20+,24-/m0/s1. The lowest BCUT2D eigenvalue weighted by Gasteiger charge is -2.28. The Balaban J connectivity index is 1.29. The van der Waals surface area contributed by atoms with Crippen molar-refractivity contribution in [2.45, 2.75) is 25.2 Å². The van der Waals surface area contributed by atoms with Gasteiger partial charge in [0.05, 0.1) is 30.2 Å². The molecule has 2 bridgehead atoms. The first kappa shape index (κ1) is 19.5. The molecule has 0 radical (unpaired) electrons. The van der Waals surface area contributed by atoms with E-state index in [1.54, 1.807) is 18.2 Å². The van der Waals surface area contributed by atoms with Gasteiger partial charge in [-0.15, -0.1) is 0 Å². The fourth-order valence-electron chi connectivity index (χ4n) is 4.64. The number of imide groups is 1. The van der Waals surface area contributed by atoms with Crippen LogP contribution in [0.3, 0.4) is 0 Å². The Kier molecular flexibility index (Phi) is 4.63. The van der Waals surface area contributed by atoms with Crippen LogP contribution < -0.4 is 10.2 Å². The Morgan fingerprint density at radius 1 is 1.10 bits per heavy atom. The van der Waals surface area contributed by atoms with Crippen LogP contribution in [0.4, 0.5) is 10.5 Å². The molecule has 31 heavy (non-hydrogen) atoms. The van der Waals surface area contributed by atoms with Crippen LogP contribution in [0, 0.1) is 18.8 Å². The molecule has 0 saturated carbocycles. The summed E-state index contributed by atoms with van der Waals surface area (Å²) in [5.74, 6) is -1.82. The third-order valence-electron chi connectivity index (χ3n) is 6.17. The van der Waals surface area contributed by atoms with Crippen molar-refractivity contribution in [2.75, 3.05) is 11.4 Å². The predicted octanol–water partition coefficient (Wildman–Crippen LogP) is 2.73. The second-order valence-electron chi connectivity index (χ2n) is 8.16. The molecule has 2 fully saturated rings. The maximum Gasteiger partial charge on any atom is 0.407 e. The molecule has 3 aliphatic heterocycles. The van der Waals surface area contributed by atoms with Gasteiger partial charge in [0.25, 0.3) is 0 Å². The van der Waals surface area contributed by atoms with Crippen LogP contribution in [0.25, 0.3) is 0 Å². The number of anilines is 1. The minimum absolute atomic E-state index is 0.0511. The molecule has 158 valence electrons. The van der Waals surface area contributed by atoms with Gasteiger partial charge in [0.15, 0.2) is 0 Å². The SMILES string of the molecule is Cc1ccc(N2C(=O)[C@H]3[C@@H]4C=C[C@@](CNC(=O)OCc5ccccc5)(O4)[C@H]3C2=O)cc1. The van der Waals surface area contributed by atoms with Crippen LogP contribution in [0.1, 0.15) is 11.1 Å². The summed E-state index contributed by atoms with van der Waals surface area (Å²) in [4.78, 5) is 39.8. The number of carbonyl (C=O) groups is 3. The normalized spacial score (nSPS) is 28.2. The first-order valence-corrected chi connectivity index (χ1v) is 10.2. The van der Waals surface area contributed by atoms with Crippen LogP contribution >= 0.6 is 0 Å². The molecule has 0 aliphatic carbocycles. The van der Waals surface area contributed by atoms with E-state index in [2.05, 4.69) is 5.32 Å². The number of fused-ring (bicyclic) bond motifs is 5. The molecular weight excluding hydrogens is 396 g/mol. The quantitative estimate of drug-likeness (QED) is 0.596. The average Bonchev–Trinajstić information content (AvgIpc) is 3.43. The number of carbonyl (C=O) groups excluding carboxylic acids is 3. The molecule has 0 spiro atoms. The van der Waals surface area contributed by atoms with Gasteiger partial charge in [-0.1, -0.05) is 60.2 Å². The minimum Gasteiger partial charge on any atom is -0.445 e. The van der Waals surface area contributed by atoms with Crippen LogP contribution in [-0.2, 0) is 25.7 Å². The van der Waals surface area contributed by atoms with Gasteiger partial charge in [-0.05, 0) is 24.6 Å². The van der Waals surface area contributed by atoms with Crippen LogP contribution in [0.2, 0.25) is 0 Å². The van der Waals surface area contributed by atoms with Gasteiger partial charge in [-0.3, -0.25) is 9.59 Å². The van der Waals surface area contributed by atoms with Gasteiger partial charge in [-0.2, -0.15) is 0 Å². The van der Waals surface area contributed by atoms with Gasteiger partial charge < -0.3 is 14.8 Å². The number of amides is 3. The number of aryl methyl sites for hydroxylation is 1. The lowest BCUT2D eigenvalue weighted by atomic mass is 9.77. The summed E-state index contributed by atoms with van der Waals surface area (Å²) in [6, 6.07) is 16.6. The first-order valence-electron chi connectivity index (χ1n) is 10.2. The molecule has 2 aromatic rings. The van der Waals surface area contributed by atoms with Crippen molar-refractivity contribution < 1.29 is 23.9 Å². The molecular formula is C24H22N2O5. The maximum absolute atomic E-state index is 13.3. The Labute approximate surface area is 179 Å². The molecule has 4 atom stereocenters. The van der Waals surface area contributed by atoms with E-state index >= 15 is 0 Å². The van der Waals surface area contributed by atoms with Crippen molar-refractivity contribution in [1.82, 2.24) is 5.32 Å². The van der Waals surface area contributed by atoms with Gasteiger partial charge in [-0.25, -0.2) is 9.69 Å². The molecule has 0 unspecified atom stereocenters. The smallest absolute Gasteiger partial charge is 0.407 e. The zero-order valence-electron chi connectivity index (χ0n) is 17.0. The molecule has 1 N–H and O–H groups in total. The highest BCUT2D eigenvalue weighted by Gasteiger charge is 2.67. The highest BCUT2D eigenvalue weighted by atomic mass is 16.6. The zero-order valence-corrected chi connectivity index (χ0v) is 17.0. The molecule has 3 amide bonds. The van der Waals surface area contributed by atoms with E-state index in [0.717, 1.165) is 11.1 Å². The van der Waals surface area contributed by atoms with Crippen molar-refractivity contribution in [3.05, 3.63) is 77.9 Å². The largest absolute Gasteiger partial charge is 0.445 e. The van der Waals surface area contributed by atoms with E-state index in [4.69, 9.17) is 9.47 Å². The van der Waals surface area contributed by atoms with Crippen molar-refractivity contribution in [2.24, 2.45) is 11.8 Å². The van der Waals surface area contributed by atoms with Crippen LogP contribution in [-0.4, -0.2) is 36.2 Å². The Bertz CT molecular complexity index is 1070. The molecule has 7 nitrogen and oxygen atoms in total. The van der Waals surface area contributed by atoms with E-state index in [0.29, 0.717) is 5.69 Å². The number of rotatable bonds is 5. The third-order valence-corrected chi connectivity index (χ3v) is 6.17. The van der Waals surface area contributed by atoms with E-state index in [-0.39, 0.29) is 25.0 Å². The Morgan fingerprint density at radius 2 is 1.84 bits per heavy atom. The fraction of sp³-hybridized carbons (Fsp3) is 0.292. The number of alkyl carbamates (subject to hydrolysis) is 1. The van der Waals surface area contributed by atoms with Gasteiger partial charge in [0.2, 0.25) is 11.8 Å². The van der Waals surface area contributed by atoms with Crippen LogP contribution in [0.15, 0.2) is 66.7 Å². The molecule has 5 rings (SSSR count). The Hall–Kier alpha value is -3.45. The summed E-state index contributed by atoms with van der Waals surface area (Å²) < 4.78 is 11.3. The fourth-order valence-corrected chi connectivity index (χ4v) is 4.64. The molecule has 2 saturated heterocycles. The monoisotopic (exact) mass is 418 g/mol. The molecule has 0 aromatic heterocycles. The van der Waals surface area contributed by atoms with Gasteiger partial charge in [0, 0.05) is 0 Å². The summed E-state index contributed by atoms with van der Waals surface area (Å²) in [6.45, 7) is 2.14. The number of nitrogens with zero attached hydrogens (tertiary/aromatic N) is 1.